The highest BCUT2D eigenvalue weighted by molar-refractivity contribution is 8.01. The van der Waals surface area contributed by atoms with Gasteiger partial charge in [-0.2, -0.15) is 0 Å². The fourth-order valence-corrected chi connectivity index (χ4v) is 4.58. The lowest BCUT2D eigenvalue weighted by molar-refractivity contribution is -0.115. The molecule has 0 bridgehead atoms. The van der Waals surface area contributed by atoms with Gasteiger partial charge in [0, 0.05) is 19.2 Å². The summed E-state index contributed by atoms with van der Waals surface area (Å²) in [5, 5.41) is 8.76. The summed E-state index contributed by atoms with van der Waals surface area (Å²) in [4.78, 5) is 39.8. The Morgan fingerprint density at radius 2 is 1.88 bits per heavy atom. The number of benzene rings is 1. The first-order chi connectivity index (χ1) is 15.2. The summed E-state index contributed by atoms with van der Waals surface area (Å²) in [6, 6.07) is 8.68. The van der Waals surface area contributed by atoms with E-state index in [9.17, 15) is 14.4 Å². The highest BCUT2D eigenvalue weighted by atomic mass is 32.2. The van der Waals surface area contributed by atoms with Gasteiger partial charge in [-0.1, -0.05) is 31.1 Å². The maximum Gasteiger partial charge on any atom is 0.255 e. The maximum absolute atomic E-state index is 13.1. The van der Waals surface area contributed by atoms with E-state index in [-0.39, 0.29) is 23.5 Å². The predicted molar refractivity (Wildman–Crippen MR) is 126 cm³/mol. The van der Waals surface area contributed by atoms with E-state index in [1.54, 1.807) is 44.2 Å². The van der Waals surface area contributed by atoms with Crippen LogP contribution in [-0.2, 0) is 9.59 Å². The van der Waals surface area contributed by atoms with Gasteiger partial charge in [-0.3, -0.25) is 14.4 Å². The minimum Gasteiger partial charge on any atom is -0.360 e. The Morgan fingerprint density at radius 3 is 2.53 bits per heavy atom. The van der Waals surface area contributed by atoms with Gasteiger partial charge in [0.15, 0.2) is 5.82 Å². The van der Waals surface area contributed by atoms with Crippen LogP contribution < -0.4 is 10.6 Å². The van der Waals surface area contributed by atoms with Crippen molar-refractivity contribution in [3.8, 4) is 0 Å². The van der Waals surface area contributed by atoms with E-state index in [1.165, 1.54) is 11.8 Å². The van der Waals surface area contributed by atoms with Gasteiger partial charge in [0.2, 0.25) is 11.8 Å². The summed E-state index contributed by atoms with van der Waals surface area (Å²) < 4.78 is 4.93. The lowest BCUT2D eigenvalue weighted by atomic mass is 9.91. The van der Waals surface area contributed by atoms with Crippen LogP contribution in [0.15, 0.2) is 34.9 Å². The first kappa shape index (κ1) is 23.8. The summed E-state index contributed by atoms with van der Waals surface area (Å²) in [6.45, 7) is 9.21. The highest BCUT2D eigenvalue weighted by Gasteiger charge is 2.27. The number of anilines is 2. The molecule has 1 fully saturated rings. The molecule has 3 rings (SSSR count). The Hall–Kier alpha value is -2.81. The van der Waals surface area contributed by atoms with Crippen molar-refractivity contribution < 1.29 is 18.9 Å². The molecule has 1 aromatic carbocycles. The third kappa shape index (κ3) is 6.35. The Balaban J connectivity index is 1.56. The number of nitrogens with zero attached hydrogens (tertiary/aromatic N) is 2. The zero-order valence-corrected chi connectivity index (χ0v) is 19.7. The molecule has 3 atom stereocenters. The largest absolute Gasteiger partial charge is 0.360 e. The van der Waals surface area contributed by atoms with Gasteiger partial charge in [0.1, 0.15) is 5.76 Å². The van der Waals surface area contributed by atoms with Crippen LogP contribution in [0.1, 0.15) is 43.3 Å². The van der Waals surface area contributed by atoms with Crippen LogP contribution in [0.4, 0.5) is 11.5 Å². The molecule has 8 nitrogen and oxygen atoms in total. The molecule has 172 valence electrons. The Bertz CT molecular complexity index is 966. The van der Waals surface area contributed by atoms with Crippen LogP contribution in [-0.4, -0.2) is 51.9 Å². The van der Waals surface area contributed by atoms with Crippen molar-refractivity contribution in [1.82, 2.24) is 10.1 Å². The monoisotopic (exact) mass is 458 g/mol. The summed E-state index contributed by atoms with van der Waals surface area (Å²) >= 11 is 1.20. The highest BCUT2D eigenvalue weighted by Crippen LogP contribution is 2.25. The molecule has 32 heavy (non-hydrogen) atoms. The molecule has 2 N–H and O–H groups in total. The number of hydrogen-bond acceptors (Lipinski definition) is 6. The van der Waals surface area contributed by atoms with Gasteiger partial charge in [-0.05, 0) is 44.2 Å². The Morgan fingerprint density at radius 1 is 1.19 bits per heavy atom. The number of nitrogens with one attached hydrogen (secondary N) is 2. The number of hydrogen-bond donors (Lipinski definition) is 2. The standard InChI is InChI=1S/C23H30N4O4S/c1-14-9-15(2)12-27(11-14)23(30)18-7-5-6-8-19(18)24-21(28)13-32-17(4)22(29)25-20-10-16(3)31-26-20/h5-8,10,14-15,17H,9,11-13H2,1-4H3,(H,24,28)(H,25,26,29). The number of rotatable bonds is 7. The lowest BCUT2D eigenvalue weighted by Crippen LogP contribution is -2.42. The molecule has 1 aliphatic heterocycles. The van der Waals surface area contributed by atoms with E-state index in [1.807, 2.05) is 4.90 Å². The van der Waals surface area contributed by atoms with E-state index in [0.29, 0.717) is 34.7 Å². The van der Waals surface area contributed by atoms with Gasteiger partial charge < -0.3 is 20.1 Å². The van der Waals surface area contributed by atoms with E-state index in [0.717, 1.165) is 19.5 Å². The van der Waals surface area contributed by atoms with Crippen LogP contribution in [0.2, 0.25) is 0 Å². The van der Waals surface area contributed by atoms with Crippen molar-refractivity contribution in [2.75, 3.05) is 29.5 Å². The average Bonchev–Trinajstić information content (AvgIpc) is 3.15. The van der Waals surface area contributed by atoms with Gasteiger partial charge in [0.25, 0.3) is 5.91 Å². The smallest absolute Gasteiger partial charge is 0.255 e. The van der Waals surface area contributed by atoms with Crippen LogP contribution in [0, 0.1) is 18.8 Å². The predicted octanol–water partition coefficient (Wildman–Crippen LogP) is 3.80. The Kier molecular flexibility index (Phi) is 7.95. The molecule has 3 amide bonds. The number of aryl methyl sites for hydroxylation is 1. The van der Waals surface area contributed by atoms with Crippen molar-refractivity contribution in [2.45, 2.75) is 39.4 Å². The summed E-state index contributed by atoms with van der Waals surface area (Å²) in [5.41, 5.74) is 0.975. The maximum atomic E-state index is 13.1. The van der Waals surface area contributed by atoms with Crippen molar-refractivity contribution >= 4 is 41.0 Å². The number of carbonyl (C=O) groups is 3. The zero-order valence-electron chi connectivity index (χ0n) is 18.9. The molecule has 1 aromatic heterocycles. The van der Waals surface area contributed by atoms with E-state index < -0.39 is 5.25 Å². The molecular weight excluding hydrogens is 428 g/mol. The second-order valence-electron chi connectivity index (χ2n) is 8.52. The molecule has 1 saturated heterocycles. The molecule has 0 spiro atoms. The van der Waals surface area contributed by atoms with E-state index in [2.05, 4.69) is 29.6 Å². The summed E-state index contributed by atoms with van der Waals surface area (Å²) in [6.07, 6.45) is 1.11. The van der Waals surface area contributed by atoms with Crippen LogP contribution in [0.3, 0.4) is 0 Å². The fourth-order valence-electron chi connectivity index (χ4n) is 3.89. The number of piperidine rings is 1. The second kappa shape index (κ2) is 10.7. The van der Waals surface area contributed by atoms with Crippen molar-refractivity contribution in [3.05, 3.63) is 41.7 Å². The molecule has 2 heterocycles. The van der Waals surface area contributed by atoms with E-state index >= 15 is 0 Å². The third-order valence-electron chi connectivity index (χ3n) is 5.30. The molecule has 0 radical (unpaired) electrons. The SMILES string of the molecule is Cc1cc(NC(=O)C(C)SCC(=O)Nc2ccccc2C(=O)N2CC(C)CC(C)C2)no1. The van der Waals surface area contributed by atoms with Crippen molar-refractivity contribution in [2.24, 2.45) is 11.8 Å². The topological polar surface area (TPSA) is 105 Å². The van der Waals surface area contributed by atoms with Gasteiger partial charge in [-0.25, -0.2) is 0 Å². The molecule has 3 unspecified atom stereocenters. The first-order valence-electron chi connectivity index (χ1n) is 10.8. The normalized spacial score (nSPS) is 19.3. The average molecular weight is 459 g/mol. The summed E-state index contributed by atoms with van der Waals surface area (Å²) in [7, 11) is 0. The first-order valence-corrected chi connectivity index (χ1v) is 11.8. The molecule has 0 aliphatic carbocycles. The van der Waals surface area contributed by atoms with E-state index in [4.69, 9.17) is 4.52 Å². The number of carbonyl (C=O) groups excluding carboxylic acids is 3. The third-order valence-corrected chi connectivity index (χ3v) is 6.44. The van der Waals surface area contributed by atoms with Crippen LogP contribution in [0.5, 0.6) is 0 Å². The van der Waals surface area contributed by atoms with Crippen molar-refractivity contribution in [1.29, 1.82) is 0 Å². The fraction of sp³-hybridized carbons (Fsp3) is 0.478. The molecule has 9 heteroatoms. The van der Waals surface area contributed by atoms with Gasteiger partial charge >= 0.3 is 0 Å². The van der Waals surface area contributed by atoms with Crippen LogP contribution >= 0.6 is 11.8 Å². The molecule has 0 saturated carbocycles. The summed E-state index contributed by atoms with van der Waals surface area (Å²) in [5.74, 6) is 1.33. The number of amides is 3. The lowest BCUT2D eigenvalue weighted by Gasteiger charge is -2.35. The number of likely N-dealkylation sites (tertiary alicyclic amines) is 1. The number of thioether (sulfide) groups is 1. The Labute approximate surface area is 192 Å². The minimum atomic E-state index is -0.467. The minimum absolute atomic E-state index is 0.0670. The van der Waals surface area contributed by atoms with Crippen LogP contribution in [0.25, 0.3) is 0 Å². The molecular formula is C23H30N4O4S. The quantitative estimate of drug-likeness (QED) is 0.654. The number of para-hydroxylation sites is 1. The molecule has 2 aromatic rings. The van der Waals surface area contributed by atoms with Gasteiger partial charge in [-0.15, -0.1) is 11.8 Å². The zero-order chi connectivity index (χ0) is 23.3. The second-order valence-corrected chi connectivity index (χ2v) is 9.84. The molecule has 1 aliphatic rings. The van der Waals surface area contributed by atoms with Gasteiger partial charge in [0.05, 0.1) is 22.3 Å². The van der Waals surface area contributed by atoms with Crippen molar-refractivity contribution in [3.63, 3.8) is 0 Å². The number of aromatic nitrogens is 1.